The predicted molar refractivity (Wildman–Crippen MR) is 71.2 cm³/mol. The number of thioether (sulfide) groups is 1. The van der Waals surface area contributed by atoms with Crippen LogP contribution in [0.2, 0.25) is 0 Å². The van der Waals surface area contributed by atoms with Crippen molar-refractivity contribution in [2.24, 2.45) is 4.99 Å². The Bertz CT molecular complexity index is 470. The second-order valence-electron chi connectivity index (χ2n) is 5.06. The van der Waals surface area contributed by atoms with Crippen LogP contribution in [0.25, 0.3) is 0 Å². The van der Waals surface area contributed by atoms with Gasteiger partial charge in [-0.25, -0.2) is 9.59 Å². The van der Waals surface area contributed by atoms with Crippen LogP contribution in [-0.2, 0) is 9.53 Å². The molecule has 0 spiro atoms. The van der Waals surface area contributed by atoms with Crippen LogP contribution in [0.15, 0.2) is 4.99 Å². The molecule has 0 aromatic heterocycles. The highest BCUT2D eigenvalue weighted by molar-refractivity contribution is 8.14. The third-order valence-corrected chi connectivity index (χ3v) is 3.34. The molecule has 0 fully saturated rings. The average Bonchev–Trinajstić information content (AvgIpc) is 2.52. The molecule has 10 heteroatoms. The number of carboxylic acids is 1. The number of carboxylic acid groups (broad SMARTS) is 1. The highest BCUT2D eigenvalue weighted by Crippen LogP contribution is 2.35. The third-order valence-electron chi connectivity index (χ3n) is 2.22. The Morgan fingerprint density at radius 3 is 2.50 bits per heavy atom. The van der Waals surface area contributed by atoms with Crippen molar-refractivity contribution in [2.75, 3.05) is 0 Å². The zero-order valence-corrected chi connectivity index (χ0v) is 12.2. The molecule has 1 heterocycles. The van der Waals surface area contributed by atoms with E-state index in [0.29, 0.717) is 0 Å². The van der Waals surface area contributed by atoms with Gasteiger partial charge in [0.2, 0.25) is 0 Å². The number of nitrogens with one attached hydrogen (secondary N) is 1. The fourth-order valence-electron chi connectivity index (χ4n) is 1.50. The number of aliphatic carboxylic acids is 1. The van der Waals surface area contributed by atoms with Gasteiger partial charge >= 0.3 is 17.7 Å². The van der Waals surface area contributed by atoms with Crippen LogP contribution in [0.5, 0.6) is 0 Å². The largest absolute Gasteiger partial charge is 0.474 e. The van der Waals surface area contributed by atoms with Gasteiger partial charge in [0.15, 0.2) is 5.37 Å². The number of amides is 1. The lowest BCUT2D eigenvalue weighted by Gasteiger charge is -2.24. The highest BCUT2D eigenvalue weighted by atomic mass is 32.2. The summed E-state index contributed by atoms with van der Waals surface area (Å²) in [6, 6.07) is 0. The van der Waals surface area contributed by atoms with Gasteiger partial charge in [0.25, 0.3) is 0 Å². The summed E-state index contributed by atoms with van der Waals surface area (Å²) in [5, 5.41) is 21.2. The van der Waals surface area contributed by atoms with Crippen molar-refractivity contribution < 1.29 is 24.4 Å². The molecule has 0 saturated carbocycles. The molecular formula is C10H15N3O6S. The Labute approximate surface area is 118 Å². The number of hydrogen-bond acceptors (Lipinski definition) is 7. The van der Waals surface area contributed by atoms with Crippen LogP contribution in [0.3, 0.4) is 0 Å². The molecule has 0 aromatic carbocycles. The summed E-state index contributed by atoms with van der Waals surface area (Å²) in [6.07, 6.45) is -0.938. The number of carbonyl (C=O) groups excluding carboxylic acids is 1. The van der Waals surface area contributed by atoms with Gasteiger partial charge < -0.3 is 9.84 Å². The minimum absolute atomic E-state index is 0.199. The van der Waals surface area contributed by atoms with E-state index in [1.165, 1.54) is 6.92 Å². The lowest BCUT2D eigenvalue weighted by molar-refractivity contribution is -0.552. The molecule has 2 atom stereocenters. The molecule has 0 aliphatic carbocycles. The smallest absolute Gasteiger partial charge is 0.439 e. The summed E-state index contributed by atoms with van der Waals surface area (Å²) in [5.41, 5.74) is -3.44. The Balaban J connectivity index is 2.98. The zero-order chi connectivity index (χ0) is 15.7. The second-order valence-corrected chi connectivity index (χ2v) is 6.36. The monoisotopic (exact) mass is 305 g/mol. The number of ether oxygens (including phenoxy) is 1. The van der Waals surface area contributed by atoms with E-state index in [2.05, 4.69) is 10.3 Å². The highest BCUT2D eigenvalue weighted by Gasteiger charge is 2.63. The average molecular weight is 305 g/mol. The van der Waals surface area contributed by atoms with Crippen LogP contribution in [0.4, 0.5) is 4.79 Å². The van der Waals surface area contributed by atoms with E-state index in [1.807, 2.05) is 0 Å². The van der Waals surface area contributed by atoms with Crippen molar-refractivity contribution in [3.8, 4) is 0 Å². The number of aliphatic imine (C=N–C) groups is 1. The molecule has 9 nitrogen and oxygen atoms in total. The van der Waals surface area contributed by atoms with Crippen LogP contribution in [0.1, 0.15) is 27.7 Å². The molecule has 1 rings (SSSR count). The number of carbonyl (C=O) groups is 2. The van der Waals surface area contributed by atoms with Crippen LogP contribution in [-0.4, -0.2) is 43.8 Å². The fourth-order valence-corrected chi connectivity index (χ4v) is 2.59. The van der Waals surface area contributed by atoms with Crippen molar-refractivity contribution in [2.45, 2.75) is 44.3 Å². The van der Waals surface area contributed by atoms with Crippen molar-refractivity contribution in [3.63, 3.8) is 0 Å². The van der Waals surface area contributed by atoms with Crippen molar-refractivity contribution in [3.05, 3.63) is 10.1 Å². The molecule has 0 bridgehead atoms. The number of alkyl carbamates (subject to hydrolysis) is 1. The molecular weight excluding hydrogens is 290 g/mol. The Hall–Kier alpha value is -1.84. The summed E-state index contributed by atoms with van der Waals surface area (Å²) in [4.78, 5) is 36.5. The van der Waals surface area contributed by atoms with E-state index >= 15 is 0 Å². The summed E-state index contributed by atoms with van der Waals surface area (Å²) in [6.45, 7) is 6.29. The number of nitro groups is 1. The summed E-state index contributed by atoms with van der Waals surface area (Å²) >= 11 is 0.799. The molecule has 1 amide bonds. The second kappa shape index (κ2) is 5.27. The molecule has 20 heavy (non-hydrogen) atoms. The number of hydrogen-bond donors (Lipinski definition) is 2. The SMILES string of the molecule is CC1=NC(C(=O)O)([N+](=O)[O-])C(NC(=O)OC(C)(C)C)S1. The minimum Gasteiger partial charge on any atom is -0.474 e. The lowest BCUT2D eigenvalue weighted by Crippen LogP contribution is -2.58. The summed E-state index contributed by atoms with van der Waals surface area (Å²) in [7, 11) is 0. The van der Waals surface area contributed by atoms with Gasteiger partial charge in [0, 0.05) is 0 Å². The first-order chi connectivity index (χ1) is 8.99. The van der Waals surface area contributed by atoms with E-state index in [-0.39, 0.29) is 5.04 Å². The van der Waals surface area contributed by atoms with Crippen molar-refractivity contribution >= 4 is 28.9 Å². The van der Waals surface area contributed by atoms with E-state index in [9.17, 15) is 19.7 Å². The third kappa shape index (κ3) is 3.18. The Morgan fingerprint density at radius 1 is 1.55 bits per heavy atom. The quantitative estimate of drug-likeness (QED) is 0.588. The predicted octanol–water partition coefficient (Wildman–Crippen LogP) is 1.06. The van der Waals surface area contributed by atoms with Crippen LogP contribution < -0.4 is 5.32 Å². The van der Waals surface area contributed by atoms with E-state index in [1.54, 1.807) is 20.8 Å². The first kappa shape index (κ1) is 16.2. The molecule has 2 unspecified atom stereocenters. The summed E-state index contributed by atoms with van der Waals surface area (Å²) < 4.78 is 4.96. The molecule has 0 aromatic rings. The van der Waals surface area contributed by atoms with E-state index in [0.717, 1.165) is 11.8 Å². The number of rotatable bonds is 3. The minimum atomic E-state index is -2.63. The standard InChI is InChI=1S/C10H15N3O6S/c1-5-12-10(7(14)15,13(17)18)6(20-5)11-8(16)19-9(2,3)4/h6H,1-4H3,(H,11,16)(H,14,15). The zero-order valence-electron chi connectivity index (χ0n) is 11.4. The van der Waals surface area contributed by atoms with Crippen molar-refractivity contribution in [1.82, 2.24) is 5.32 Å². The first-order valence-electron chi connectivity index (χ1n) is 5.59. The van der Waals surface area contributed by atoms with E-state index in [4.69, 9.17) is 9.84 Å². The van der Waals surface area contributed by atoms with Crippen LogP contribution >= 0.6 is 11.8 Å². The van der Waals surface area contributed by atoms with Gasteiger partial charge in [-0.3, -0.25) is 15.4 Å². The molecule has 1 aliphatic heterocycles. The van der Waals surface area contributed by atoms with Crippen molar-refractivity contribution in [1.29, 1.82) is 0 Å². The molecule has 0 radical (unpaired) electrons. The molecule has 2 N–H and O–H groups in total. The van der Waals surface area contributed by atoms with Gasteiger partial charge in [-0.1, -0.05) is 11.8 Å². The van der Waals surface area contributed by atoms with Gasteiger partial charge in [-0.2, -0.15) is 4.99 Å². The van der Waals surface area contributed by atoms with Gasteiger partial charge in [0.1, 0.15) is 5.60 Å². The van der Waals surface area contributed by atoms with Crippen LogP contribution in [0, 0.1) is 10.1 Å². The summed E-state index contributed by atoms with van der Waals surface area (Å²) in [5.74, 6) is -1.74. The number of nitrogens with zero attached hydrogens (tertiary/aromatic N) is 2. The Kier molecular flexibility index (Phi) is 4.27. The maximum atomic E-state index is 11.6. The van der Waals surface area contributed by atoms with Gasteiger partial charge in [-0.05, 0) is 27.7 Å². The van der Waals surface area contributed by atoms with Gasteiger partial charge in [-0.15, -0.1) is 0 Å². The maximum Gasteiger partial charge on any atom is 0.439 e. The van der Waals surface area contributed by atoms with E-state index < -0.39 is 33.6 Å². The fraction of sp³-hybridized carbons (Fsp3) is 0.700. The molecule has 0 saturated heterocycles. The lowest BCUT2D eigenvalue weighted by atomic mass is 10.2. The van der Waals surface area contributed by atoms with Gasteiger partial charge in [0.05, 0.1) is 9.97 Å². The topological polar surface area (TPSA) is 131 Å². The first-order valence-corrected chi connectivity index (χ1v) is 6.47. The molecule has 1 aliphatic rings. The maximum absolute atomic E-state index is 11.6. The Morgan fingerprint density at radius 2 is 2.10 bits per heavy atom. The molecule has 112 valence electrons. The normalized spacial score (nSPS) is 25.8.